The van der Waals surface area contributed by atoms with Gasteiger partial charge in [0.25, 0.3) is 6.71 Å². The molecule has 0 N–H and O–H groups in total. The van der Waals surface area contributed by atoms with Crippen LogP contribution in [-0.4, -0.2) is 15.8 Å². The zero-order valence-corrected chi connectivity index (χ0v) is 47.3. The molecule has 0 atom stereocenters. The Kier molecular flexibility index (Phi) is 9.12. The van der Waals surface area contributed by atoms with E-state index in [0.717, 1.165) is 117 Å². The van der Waals surface area contributed by atoms with E-state index in [1.807, 2.05) is 60.7 Å². The van der Waals surface area contributed by atoms with Crippen LogP contribution in [0.5, 0.6) is 23.0 Å². The zero-order chi connectivity index (χ0) is 64.4. The van der Waals surface area contributed by atoms with E-state index >= 15 is 0 Å². The summed E-state index contributed by atoms with van der Waals surface area (Å²) in [7, 11) is 0. The lowest BCUT2D eigenvalue weighted by Gasteiger charge is -2.42. The highest BCUT2D eigenvalue weighted by Crippen LogP contribution is 2.53. The second kappa shape index (κ2) is 19.0. The van der Waals surface area contributed by atoms with Crippen LogP contribution in [0.15, 0.2) is 291 Å². The van der Waals surface area contributed by atoms with Crippen molar-refractivity contribution in [3.63, 3.8) is 0 Å². The summed E-state index contributed by atoms with van der Waals surface area (Å²) in [5, 5.41) is 2.40. The van der Waals surface area contributed by atoms with Crippen LogP contribution in [0.3, 0.4) is 0 Å². The third kappa shape index (κ3) is 7.47. The third-order valence-electron chi connectivity index (χ3n) is 18.3. The van der Waals surface area contributed by atoms with Crippen LogP contribution in [0.4, 0.5) is 17.1 Å². The van der Waals surface area contributed by atoms with Crippen LogP contribution >= 0.6 is 0 Å². The third-order valence-corrected chi connectivity index (χ3v) is 18.3. The summed E-state index contributed by atoms with van der Waals surface area (Å²) in [5.41, 5.74) is 18.3. The molecule has 6 heteroatoms. The molecule has 5 nitrogen and oxygen atoms in total. The molecule has 13 aromatic carbocycles. The maximum absolute atomic E-state index is 9.62. The lowest BCUT2D eigenvalue weighted by atomic mass is 9.34. The maximum Gasteiger partial charge on any atom is 0.256 e. The highest BCUT2D eigenvalue weighted by Gasteiger charge is 2.44. The van der Waals surface area contributed by atoms with E-state index in [0.29, 0.717) is 17.2 Å². The van der Waals surface area contributed by atoms with Crippen LogP contribution in [0.25, 0.3) is 99.5 Å². The fraction of sp³-hybridized carbons (Fsp3) is 0.0370. The summed E-state index contributed by atoms with van der Waals surface area (Å²) in [6.07, 6.45) is 0. The Morgan fingerprint density at radius 2 is 0.885 bits per heavy atom. The molecule has 15 aromatic rings. The molecule has 0 saturated carbocycles. The number of hydrogen-bond acceptors (Lipinski definition) is 3. The average molecular weight is 1120 g/mol. The average Bonchev–Trinajstić information content (AvgIpc) is 1.69. The molecule has 0 aliphatic carbocycles. The summed E-state index contributed by atoms with van der Waals surface area (Å²) >= 11 is 0. The van der Waals surface area contributed by atoms with Gasteiger partial charge in [-0.05, 0) is 129 Å². The van der Waals surface area contributed by atoms with E-state index in [1.165, 1.54) is 10.8 Å². The van der Waals surface area contributed by atoms with Crippen molar-refractivity contribution in [1.82, 2.24) is 9.13 Å². The Balaban J connectivity index is 0.914. The molecule has 0 unspecified atom stereocenters. The number of para-hydroxylation sites is 6. The first-order valence-corrected chi connectivity index (χ1v) is 29.4. The number of ether oxygens (including phenoxy) is 2. The van der Waals surface area contributed by atoms with Gasteiger partial charge in [0.2, 0.25) is 0 Å². The summed E-state index contributed by atoms with van der Waals surface area (Å²) in [4.78, 5) is 2.32. The maximum atomic E-state index is 9.62. The Morgan fingerprint density at radius 1 is 0.356 bits per heavy atom. The minimum Gasteiger partial charge on any atom is -0.458 e. The molecule has 0 spiro atoms. The van der Waals surface area contributed by atoms with Gasteiger partial charge in [-0.3, -0.25) is 0 Å². The number of hydrogen-bond donors (Lipinski definition) is 0. The van der Waals surface area contributed by atoms with E-state index in [-0.39, 0.29) is 39.3 Å². The van der Waals surface area contributed by atoms with Gasteiger partial charge in [0.05, 0.1) is 38.7 Å². The highest BCUT2D eigenvalue weighted by molar-refractivity contribution is 6.99. The lowest BCUT2D eigenvalue weighted by Crippen LogP contribution is -2.59. The van der Waals surface area contributed by atoms with E-state index in [9.17, 15) is 5.48 Å². The fourth-order valence-corrected chi connectivity index (χ4v) is 14.3. The van der Waals surface area contributed by atoms with E-state index in [4.69, 9.17) is 15.0 Å². The van der Waals surface area contributed by atoms with Crippen molar-refractivity contribution in [3.05, 3.63) is 302 Å². The molecular weight excluding hydrogens is 1060 g/mol. The van der Waals surface area contributed by atoms with Crippen molar-refractivity contribution in [2.24, 2.45) is 0 Å². The van der Waals surface area contributed by atoms with Crippen LogP contribution in [-0.2, 0) is 5.41 Å². The first-order chi connectivity index (χ1) is 46.2. The molecule has 5 heterocycles. The number of anilines is 3. The Bertz CT molecular complexity index is 5640. The van der Waals surface area contributed by atoms with Gasteiger partial charge in [0.1, 0.15) is 23.0 Å². The second-order valence-corrected chi connectivity index (χ2v) is 23.3. The first kappa shape index (κ1) is 41.8. The predicted octanol–water partition coefficient (Wildman–Crippen LogP) is 19.4. The molecule has 0 saturated heterocycles. The standard InChI is InChI=1S/C81H54BN3O2/c1-81(2)65-30-13-18-35-75(65)86-76-47-55(38-43-66(76)81)56-46-74-79-78(49-56)87-77-48-54(51-36-40-57(41-37-51)83-69-31-14-9-24-61(69)62-25-10-15-32-70(62)83)39-44-68(77)82(79)67-45-42-58(84-71-33-16-11-26-63(71)64-27-12-17-34-72(64)84)50-73(67)85(74)80-59(52-20-5-3-6-21-52)28-19-29-60(80)53-22-7-4-8-23-53/h3-50H,1-2H3/i11D,12D,16D,17D,26D,27D,33D,34D. The number of aromatic nitrogens is 2. The smallest absolute Gasteiger partial charge is 0.256 e. The van der Waals surface area contributed by atoms with E-state index in [1.54, 1.807) is 4.57 Å². The number of fused-ring (bicyclic) bond motifs is 12. The molecule has 0 amide bonds. The summed E-state index contributed by atoms with van der Waals surface area (Å²) in [6.45, 7) is 4.01. The number of nitrogens with zero attached hydrogens (tertiary/aromatic N) is 3. The van der Waals surface area contributed by atoms with Crippen LogP contribution < -0.4 is 30.8 Å². The topological polar surface area (TPSA) is 31.6 Å². The van der Waals surface area contributed by atoms with Crippen LogP contribution in [0, 0.1) is 0 Å². The van der Waals surface area contributed by atoms with Crippen molar-refractivity contribution in [2.75, 3.05) is 4.90 Å². The van der Waals surface area contributed by atoms with Gasteiger partial charge in [0, 0.05) is 72.0 Å². The summed E-state index contributed by atoms with van der Waals surface area (Å²) < 4.78 is 92.2. The summed E-state index contributed by atoms with van der Waals surface area (Å²) in [5.74, 6) is 2.90. The van der Waals surface area contributed by atoms with Gasteiger partial charge in [-0.15, -0.1) is 0 Å². The SMILES string of the molecule is [2H]c1c([2H])c([2H])c2c(c1[2H])c1c([2H])c([2H])c([2H])c([2H])c1n2-c1ccc2c(c1)N(c1c(-c3ccccc3)cccc1-c1ccccc1)c1cc(-c3ccc4c(c3)Oc3ccccc3C4(C)C)cc3c1B2c1ccc(-c2ccc(-n4c5ccccc5c5ccccc54)cc2)cc1O3. The van der Waals surface area contributed by atoms with Gasteiger partial charge in [-0.1, -0.05) is 226 Å². The lowest BCUT2D eigenvalue weighted by molar-refractivity contribution is 0.418. The predicted molar refractivity (Wildman–Crippen MR) is 361 cm³/mol. The normalized spacial score (nSPS) is 14.7. The fourth-order valence-electron chi connectivity index (χ4n) is 14.3. The molecule has 0 bridgehead atoms. The monoisotopic (exact) mass is 1120 g/mol. The molecule has 18 rings (SSSR count). The highest BCUT2D eigenvalue weighted by atomic mass is 16.5. The quantitative estimate of drug-likeness (QED) is 0.149. The molecular formula is C81H54BN3O2. The van der Waals surface area contributed by atoms with Crippen molar-refractivity contribution >= 4 is 83.8 Å². The van der Waals surface area contributed by atoms with Crippen molar-refractivity contribution in [2.45, 2.75) is 19.3 Å². The van der Waals surface area contributed by atoms with Gasteiger partial charge >= 0.3 is 0 Å². The van der Waals surface area contributed by atoms with Crippen LogP contribution in [0.2, 0.25) is 0 Å². The van der Waals surface area contributed by atoms with Crippen molar-refractivity contribution in [1.29, 1.82) is 0 Å². The molecule has 408 valence electrons. The first-order valence-electron chi connectivity index (χ1n) is 33.4. The molecule has 3 aliphatic heterocycles. The second-order valence-electron chi connectivity index (χ2n) is 23.3. The Hall–Kier alpha value is -11.1. The Morgan fingerprint density at radius 3 is 1.59 bits per heavy atom. The molecule has 0 fully saturated rings. The van der Waals surface area contributed by atoms with Crippen LogP contribution in [0.1, 0.15) is 35.9 Å². The van der Waals surface area contributed by atoms with E-state index < -0.39 is 43.0 Å². The van der Waals surface area contributed by atoms with Crippen molar-refractivity contribution < 1.29 is 20.4 Å². The van der Waals surface area contributed by atoms with Gasteiger partial charge < -0.3 is 23.5 Å². The summed E-state index contributed by atoms with van der Waals surface area (Å²) in [6, 6.07) is 80.8. The molecule has 0 radical (unpaired) electrons. The minimum absolute atomic E-state index is 0.00408. The minimum atomic E-state index is -0.503. The van der Waals surface area contributed by atoms with Gasteiger partial charge in [0.15, 0.2) is 0 Å². The number of benzene rings is 13. The van der Waals surface area contributed by atoms with E-state index in [2.05, 4.69) is 205 Å². The molecule has 87 heavy (non-hydrogen) atoms. The molecule has 2 aromatic heterocycles. The van der Waals surface area contributed by atoms with Gasteiger partial charge in [-0.25, -0.2) is 0 Å². The van der Waals surface area contributed by atoms with Gasteiger partial charge in [-0.2, -0.15) is 0 Å². The van der Waals surface area contributed by atoms with Crippen molar-refractivity contribution in [3.8, 4) is 78.9 Å². The largest absolute Gasteiger partial charge is 0.458 e. The zero-order valence-electron chi connectivity index (χ0n) is 55.3. The Labute approximate surface area is 516 Å². The molecule has 3 aliphatic rings. The number of rotatable bonds is 7.